The first-order valence-electron chi connectivity index (χ1n) is 11.8. The lowest BCUT2D eigenvalue weighted by Gasteiger charge is -2.26. The van der Waals surface area contributed by atoms with E-state index in [4.69, 9.17) is 15.9 Å². The Kier molecular flexibility index (Phi) is 11.6. The van der Waals surface area contributed by atoms with Crippen LogP contribution in [-0.4, -0.2) is 92.2 Å². The molecule has 5 atom stereocenters. The van der Waals surface area contributed by atoms with E-state index in [-0.39, 0.29) is 12.8 Å². The molecule has 1 heterocycles. The van der Waals surface area contributed by atoms with Gasteiger partial charge >= 0.3 is 11.9 Å². The maximum Gasteiger partial charge on any atom is 0.326 e. The highest BCUT2D eigenvalue weighted by Gasteiger charge is 2.33. The van der Waals surface area contributed by atoms with Gasteiger partial charge in [0.2, 0.25) is 17.7 Å². The number of amides is 3. The third kappa shape index (κ3) is 8.75. The number of carboxylic acid groups (broad SMARTS) is 2. The molecule has 2 rings (SSSR count). The van der Waals surface area contributed by atoms with Crippen LogP contribution in [0.3, 0.4) is 0 Å². The number of thioether (sulfide) groups is 1. The molecule has 0 saturated carbocycles. The van der Waals surface area contributed by atoms with Crippen molar-refractivity contribution in [2.45, 2.75) is 56.5 Å². The highest BCUT2D eigenvalue weighted by molar-refractivity contribution is 7.98. The lowest BCUT2D eigenvalue weighted by Crippen LogP contribution is -2.60. The fourth-order valence-electron chi connectivity index (χ4n) is 3.71. The summed E-state index contributed by atoms with van der Waals surface area (Å²) in [6.07, 6.45) is 1.59. The topological polar surface area (TPSA) is 224 Å². The summed E-state index contributed by atoms with van der Waals surface area (Å²) in [6.45, 7) is 1.20. The zero-order chi connectivity index (χ0) is 28.4. The second-order valence-corrected chi connectivity index (χ2v) is 9.72. The Hall–Kier alpha value is -3.62. The average molecular weight is 552 g/mol. The Labute approximate surface area is 222 Å². The van der Waals surface area contributed by atoms with E-state index in [1.54, 1.807) is 12.5 Å². The van der Waals surface area contributed by atoms with Crippen molar-refractivity contribution in [3.63, 3.8) is 0 Å². The van der Waals surface area contributed by atoms with E-state index in [9.17, 15) is 29.1 Å². The molecule has 1 aromatic heterocycles. The smallest absolute Gasteiger partial charge is 0.326 e. The molecule has 0 spiro atoms. The molecule has 208 valence electrons. The normalized spacial score (nSPS) is 15.1. The highest BCUT2D eigenvalue weighted by Crippen LogP contribution is 2.19. The molecule has 0 aliphatic heterocycles. The van der Waals surface area contributed by atoms with Crippen molar-refractivity contribution in [3.8, 4) is 0 Å². The van der Waals surface area contributed by atoms with Crippen LogP contribution in [0.5, 0.6) is 0 Å². The van der Waals surface area contributed by atoms with E-state index < -0.39 is 66.4 Å². The van der Waals surface area contributed by atoms with Gasteiger partial charge in [0.15, 0.2) is 0 Å². The molecule has 0 saturated heterocycles. The first kappa shape index (κ1) is 30.6. The van der Waals surface area contributed by atoms with Crippen molar-refractivity contribution < 1.29 is 39.3 Å². The molecule has 0 aliphatic carbocycles. The molecule has 9 N–H and O–H groups in total. The number of hydrogen-bond donors (Lipinski definition) is 8. The summed E-state index contributed by atoms with van der Waals surface area (Å²) >= 11 is 1.42. The summed E-state index contributed by atoms with van der Waals surface area (Å²) < 4.78 is 0. The Bertz CT molecular complexity index is 1150. The third-order valence-corrected chi connectivity index (χ3v) is 6.40. The number of nitrogens with one attached hydrogen (secondary N) is 4. The lowest BCUT2D eigenvalue weighted by atomic mass is 10.0. The minimum Gasteiger partial charge on any atom is -0.481 e. The molecule has 0 aliphatic rings. The molecule has 38 heavy (non-hydrogen) atoms. The van der Waals surface area contributed by atoms with Crippen LogP contribution in [0, 0.1) is 0 Å². The zero-order valence-electron chi connectivity index (χ0n) is 21.0. The van der Waals surface area contributed by atoms with Crippen molar-refractivity contribution in [1.29, 1.82) is 0 Å². The average Bonchev–Trinajstić information content (AvgIpc) is 3.26. The number of carboxylic acids is 2. The molecule has 5 unspecified atom stereocenters. The number of rotatable bonds is 15. The SMILES string of the molecule is CSCCC(NC(=O)C(N)Cc1c[nH]c2ccccc12)C(=O)NC(C(=O)NC(CC(=O)O)C(=O)O)C(C)O. The van der Waals surface area contributed by atoms with Gasteiger partial charge in [0.25, 0.3) is 0 Å². The lowest BCUT2D eigenvalue weighted by molar-refractivity contribution is -0.148. The number of hydrogen-bond acceptors (Lipinski definition) is 8. The van der Waals surface area contributed by atoms with Crippen molar-refractivity contribution in [2.75, 3.05) is 12.0 Å². The Morgan fingerprint density at radius 3 is 2.26 bits per heavy atom. The standard InChI is InChI=1S/C24H33N5O8S/c1-12(30)20(23(35)28-18(24(36)37)10-19(31)32)29-22(34)17(7-8-38-2)27-21(33)15(25)9-13-11-26-16-6-4-3-5-14(13)16/h3-6,11-12,15,17-18,20,26,30H,7-10,25H2,1-2H3,(H,27,33)(H,28,35)(H,29,34)(H,31,32)(H,36,37). The highest BCUT2D eigenvalue weighted by atomic mass is 32.2. The van der Waals surface area contributed by atoms with E-state index in [0.717, 1.165) is 16.5 Å². The minimum absolute atomic E-state index is 0.184. The van der Waals surface area contributed by atoms with Gasteiger partial charge in [-0.3, -0.25) is 19.2 Å². The molecule has 0 bridgehead atoms. The number of benzene rings is 1. The number of H-pyrrole nitrogens is 1. The fourth-order valence-corrected chi connectivity index (χ4v) is 4.18. The molecule has 0 fully saturated rings. The maximum absolute atomic E-state index is 13.0. The van der Waals surface area contributed by atoms with Gasteiger partial charge in [0, 0.05) is 17.1 Å². The quantitative estimate of drug-likeness (QED) is 0.137. The largest absolute Gasteiger partial charge is 0.481 e. The van der Waals surface area contributed by atoms with Crippen molar-refractivity contribution in [2.24, 2.45) is 5.73 Å². The van der Waals surface area contributed by atoms with Crippen molar-refractivity contribution >= 4 is 52.3 Å². The van der Waals surface area contributed by atoms with Gasteiger partial charge in [0.05, 0.1) is 18.6 Å². The van der Waals surface area contributed by atoms with E-state index in [1.165, 1.54) is 18.7 Å². The van der Waals surface area contributed by atoms with Gasteiger partial charge in [-0.1, -0.05) is 18.2 Å². The summed E-state index contributed by atoms with van der Waals surface area (Å²) in [5.74, 6) is -5.06. The summed E-state index contributed by atoms with van der Waals surface area (Å²) in [5.41, 5.74) is 7.85. The number of aromatic amines is 1. The number of carbonyl (C=O) groups is 5. The van der Waals surface area contributed by atoms with Crippen LogP contribution in [0.2, 0.25) is 0 Å². The second kappa shape index (κ2) is 14.4. The number of aliphatic hydroxyl groups excluding tert-OH is 1. The van der Waals surface area contributed by atoms with E-state index in [2.05, 4.69) is 15.6 Å². The van der Waals surface area contributed by atoms with Crippen LogP contribution in [0.4, 0.5) is 0 Å². The van der Waals surface area contributed by atoms with Crippen LogP contribution in [0.15, 0.2) is 30.5 Å². The van der Waals surface area contributed by atoms with Crippen molar-refractivity contribution in [3.05, 3.63) is 36.0 Å². The van der Waals surface area contributed by atoms with Crippen LogP contribution >= 0.6 is 11.8 Å². The van der Waals surface area contributed by atoms with E-state index in [0.29, 0.717) is 5.75 Å². The summed E-state index contributed by atoms with van der Waals surface area (Å²) in [4.78, 5) is 63.8. The minimum atomic E-state index is -1.77. The number of aromatic nitrogens is 1. The number of carbonyl (C=O) groups excluding carboxylic acids is 3. The van der Waals surface area contributed by atoms with Crippen LogP contribution < -0.4 is 21.7 Å². The van der Waals surface area contributed by atoms with E-state index >= 15 is 0 Å². The first-order chi connectivity index (χ1) is 17.9. The first-order valence-corrected chi connectivity index (χ1v) is 13.2. The van der Waals surface area contributed by atoms with Gasteiger partial charge in [0.1, 0.15) is 18.1 Å². The van der Waals surface area contributed by atoms with Gasteiger partial charge in [-0.15, -0.1) is 0 Å². The molecule has 1 aromatic carbocycles. The molecule has 14 heteroatoms. The Balaban J connectivity index is 2.10. The number of aliphatic hydroxyl groups is 1. The molecule has 3 amide bonds. The predicted octanol–water partition coefficient (Wildman–Crippen LogP) is -0.815. The summed E-state index contributed by atoms with van der Waals surface area (Å²) in [6, 6.07) is 2.06. The van der Waals surface area contributed by atoms with Crippen LogP contribution in [-0.2, 0) is 30.4 Å². The third-order valence-electron chi connectivity index (χ3n) is 5.75. The second-order valence-electron chi connectivity index (χ2n) is 8.74. The molecular weight excluding hydrogens is 518 g/mol. The molecule has 0 radical (unpaired) electrons. The molecule has 2 aromatic rings. The Morgan fingerprint density at radius 1 is 1.00 bits per heavy atom. The monoisotopic (exact) mass is 551 g/mol. The van der Waals surface area contributed by atoms with Gasteiger partial charge < -0.3 is 42.0 Å². The van der Waals surface area contributed by atoms with Gasteiger partial charge in [-0.25, -0.2) is 4.79 Å². The molecule has 13 nitrogen and oxygen atoms in total. The fraction of sp³-hybridized carbons (Fsp3) is 0.458. The maximum atomic E-state index is 13.0. The Morgan fingerprint density at radius 2 is 1.66 bits per heavy atom. The predicted molar refractivity (Wildman–Crippen MR) is 140 cm³/mol. The zero-order valence-corrected chi connectivity index (χ0v) is 21.8. The van der Waals surface area contributed by atoms with Crippen molar-refractivity contribution in [1.82, 2.24) is 20.9 Å². The van der Waals surface area contributed by atoms with Crippen LogP contribution in [0.1, 0.15) is 25.3 Å². The number of aliphatic carboxylic acids is 2. The number of para-hydroxylation sites is 1. The van der Waals surface area contributed by atoms with Gasteiger partial charge in [-0.05, 0) is 43.4 Å². The van der Waals surface area contributed by atoms with E-state index in [1.807, 2.05) is 29.6 Å². The summed E-state index contributed by atoms with van der Waals surface area (Å²) in [7, 11) is 0. The van der Waals surface area contributed by atoms with Crippen LogP contribution in [0.25, 0.3) is 10.9 Å². The van der Waals surface area contributed by atoms with Gasteiger partial charge in [-0.2, -0.15) is 11.8 Å². The number of nitrogens with two attached hydrogens (primary N) is 1. The number of fused-ring (bicyclic) bond motifs is 1. The molecular formula is C24H33N5O8S. The summed E-state index contributed by atoms with van der Waals surface area (Å²) in [5, 5.41) is 36.0.